The molecule has 0 bridgehead atoms. The summed E-state index contributed by atoms with van der Waals surface area (Å²) in [6.07, 6.45) is 10.3. The molecule has 0 radical (unpaired) electrons. The van der Waals surface area contributed by atoms with E-state index in [1.807, 2.05) is 30.4 Å². The van der Waals surface area contributed by atoms with Crippen LogP contribution in [0, 0.1) is 17.3 Å². The number of ether oxygens (including phenoxy) is 4. The topological polar surface area (TPSA) is 71.1 Å². The van der Waals surface area contributed by atoms with Crippen molar-refractivity contribution in [2.75, 3.05) is 14.2 Å². The van der Waals surface area contributed by atoms with E-state index in [-0.39, 0.29) is 23.5 Å². The number of carbonyl (C=O) groups excluding carboxylic acids is 2. The van der Waals surface area contributed by atoms with Crippen molar-refractivity contribution in [2.24, 2.45) is 17.3 Å². The lowest BCUT2D eigenvalue weighted by molar-refractivity contribution is -0.154. The van der Waals surface area contributed by atoms with E-state index < -0.39 is 0 Å². The molecule has 2 aromatic carbocycles. The quantitative estimate of drug-likeness (QED) is 0.244. The van der Waals surface area contributed by atoms with Crippen molar-refractivity contribution < 1.29 is 28.5 Å². The molecule has 5 atom stereocenters. The Kier molecular flexibility index (Phi) is 7.26. The average molecular weight is 519 g/mol. The summed E-state index contributed by atoms with van der Waals surface area (Å²) < 4.78 is 22.3. The molecule has 6 heteroatoms. The summed E-state index contributed by atoms with van der Waals surface area (Å²) >= 11 is 0. The van der Waals surface area contributed by atoms with Gasteiger partial charge in [-0.2, -0.15) is 0 Å². The molecule has 202 valence electrons. The van der Waals surface area contributed by atoms with Crippen LogP contribution in [0.1, 0.15) is 81.0 Å². The van der Waals surface area contributed by atoms with E-state index in [1.54, 1.807) is 14.2 Å². The van der Waals surface area contributed by atoms with Crippen molar-refractivity contribution >= 4 is 24.1 Å². The molecule has 0 amide bonds. The number of carbonyl (C=O) groups is 2. The second-order valence-electron chi connectivity index (χ2n) is 11.3. The molecule has 3 aliphatic rings. The molecule has 5 rings (SSSR count). The van der Waals surface area contributed by atoms with Crippen LogP contribution in [0.2, 0.25) is 0 Å². The Bertz CT molecular complexity index is 1260. The van der Waals surface area contributed by atoms with Gasteiger partial charge in [0, 0.05) is 24.8 Å². The number of aryl methyl sites for hydroxylation is 1. The molecule has 0 saturated heterocycles. The Morgan fingerprint density at radius 2 is 1.68 bits per heavy atom. The smallest absolute Gasteiger partial charge is 0.308 e. The number of hydrogen-bond donors (Lipinski definition) is 0. The number of esters is 2. The Morgan fingerprint density at radius 1 is 0.895 bits per heavy atom. The molecule has 0 spiro atoms. The molecule has 0 heterocycles. The fourth-order valence-electron chi connectivity index (χ4n) is 7.48. The number of hydrogen-bond acceptors (Lipinski definition) is 6. The van der Waals surface area contributed by atoms with Crippen LogP contribution in [0.4, 0.5) is 0 Å². The predicted octanol–water partition coefficient (Wildman–Crippen LogP) is 6.59. The van der Waals surface area contributed by atoms with Crippen LogP contribution >= 0.6 is 0 Å². The maximum absolute atomic E-state index is 11.9. The van der Waals surface area contributed by atoms with E-state index in [1.165, 1.54) is 25.0 Å². The van der Waals surface area contributed by atoms with Crippen LogP contribution in [-0.2, 0) is 20.7 Å². The van der Waals surface area contributed by atoms with Crippen molar-refractivity contribution in [3.8, 4) is 17.2 Å². The first-order valence-corrected chi connectivity index (χ1v) is 13.7. The fourth-order valence-corrected chi connectivity index (χ4v) is 7.48. The molecule has 2 fully saturated rings. The lowest BCUT2D eigenvalue weighted by Gasteiger charge is -2.50. The normalized spacial score (nSPS) is 27.7. The molecule has 0 aromatic heterocycles. The second kappa shape index (κ2) is 10.5. The van der Waals surface area contributed by atoms with Crippen molar-refractivity contribution in [2.45, 2.75) is 71.3 Å². The van der Waals surface area contributed by atoms with E-state index in [2.05, 4.69) is 19.1 Å². The van der Waals surface area contributed by atoms with Gasteiger partial charge in [-0.05, 0) is 97.2 Å². The highest BCUT2D eigenvalue weighted by Crippen LogP contribution is 2.61. The summed E-state index contributed by atoms with van der Waals surface area (Å²) in [6, 6.07) is 10.1. The largest absolute Gasteiger partial charge is 0.493 e. The Balaban J connectivity index is 1.47. The summed E-state index contributed by atoms with van der Waals surface area (Å²) in [5.74, 6) is 3.04. The van der Waals surface area contributed by atoms with Gasteiger partial charge in [0.15, 0.2) is 11.5 Å². The van der Waals surface area contributed by atoms with Crippen LogP contribution < -0.4 is 14.2 Å². The first-order valence-electron chi connectivity index (χ1n) is 13.7. The van der Waals surface area contributed by atoms with Crippen LogP contribution in [0.3, 0.4) is 0 Å². The van der Waals surface area contributed by atoms with Crippen molar-refractivity contribution in [3.63, 3.8) is 0 Å². The number of methoxy groups -OCH3 is 2. The Morgan fingerprint density at radius 3 is 2.39 bits per heavy atom. The van der Waals surface area contributed by atoms with Crippen molar-refractivity contribution in [1.29, 1.82) is 0 Å². The minimum Gasteiger partial charge on any atom is -0.493 e. The second-order valence-corrected chi connectivity index (χ2v) is 11.3. The summed E-state index contributed by atoms with van der Waals surface area (Å²) in [4.78, 5) is 23.7. The lowest BCUT2D eigenvalue weighted by atomic mass is 9.55. The van der Waals surface area contributed by atoms with E-state index in [4.69, 9.17) is 18.9 Å². The standard InChI is InChI=1S/C32H38O6/c1-19(33)37-29-18-22-9-10-25-24(14-15-32(3)27(25)11-13-31(32)38-20(2)34)26(22)17-23(29)8-6-21-7-12-28(35-4)30(16-21)36-5/h6-8,12,16-18,24-25,27,31H,9-11,13-15H2,1-5H3/b8-6-/t24-,25+,27-,31-,32-/m0/s1. The molecule has 0 aliphatic heterocycles. The molecule has 3 aliphatic carbocycles. The number of benzene rings is 2. The summed E-state index contributed by atoms with van der Waals surface area (Å²) in [5, 5.41) is 0. The molecule has 2 saturated carbocycles. The Hall–Kier alpha value is -3.28. The van der Waals surface area contributed by atoms with Gasteiger partial charge in [-0.15, -0.1) is 0 Å². The number of rotatable bonds is 6. The van der Waals surface area contributed by atoms with Gasteiger partial charge in [-0.1, -0.05) is 25.1 Å². The predicted molar refractivity (Wildman–Crippen MR) is 146 cm³/mol. The van der Waals surface area contributed by atoms with E-state index in [0.29, 0.717) is 35.0 Å². The van der Waals surface area contributed by atoms with Gasteiger partial charge < -0.3 is 18.9 Å². The van der Waals surface area contributed by atoms with Crippen LogP contribution in [0.15, 0.2) is 30.3 Å². The first-order chi connectivity index (χ1) is 18.2. The molecular weight excluding hydrogens is 480 g/mol. The highest BCUT2D eigenvalue weighted by molar-refractivity contribution is 5.77. The maximum atomic E-state index is 11.9. The van der Waals surface area contributed by atoms with Gasteiger partial charge in [0.25, 0.3) is 0 Å². The van der Waals surface area contributed by atoms with E-state index >= 15 is 0 Å². The highest BCUT2D eigenvalue weighted by Gasteiger charge is 2.56. The minimum atomic E-state index is -0.324. The van der Waals surface area contributed by atoms with Gasteiger partial charge in [-0.25, -0.2) is 0 Å². The number of fused-ring (bicyclic) bond motifs is 5. The van der Waals surface area contributed by atoms with Crippen molar-refractivity contribution in [1.82, 2.24) is 0 Å². The SMILES string of the molecule is COc1ccc(/C=C\c2cc3c(cc2OC(C)=O)CC[C@@H]2[C@@H]3CC[C@]3(C)[C@@H](OC(C)=O)CC[C@@H]23)cc1OC. The molecule has 38 heavy (non-hydrogen) atoms. The highest BCUT2D eigenvalue weighted by atomic mass is 16.5. The van der Waals surface area contributed by atoms with Gasteiger partial charge in [0.2, 0.25) is 0 Å². The van der Waals surface area contributed by atoms with Crippen LogP contribution in [-0.4, -0.2) is 32.3 Å². The van der Waals surface area contributed by atoms with Gasteiger partial charge in [-0.3, -0.25) is 9.59 Å². The molecule has 2 aromatic rings. The van der Waals surface area contributed by atoms with Gasteiger partial charge in [0.05, 0.1) is 14.2 Å². The third-order valence-electron chi connectivity index (χ3n) is 9.19. The van der Waals surface area contributed by atoms with Gasteiger partial charge in [0.1, 0.15) is 11.9 Å². The lowest BCUT2D eigenvalue weighted by Crippen LogP contribution is -2.45. The zero-order chi connectivity index (χ0) is 27.0. The summed E-state index contributed by atoms with van der Waals surface area (Å²) in [7, 11) is 3.24. The van der Waals surface area contributed by atoms with Crippen LogP contribution in [0.25, 0.3) is 12.2 Å². The average Bonchev–Trinajstić information content (AvgIpc) is 3.22. The molecule has 6 nitrogen and oxygen atoms in total. The molecule has 0 N–H and O–H groups in total. The maximum Gasteiger partial charge on any atom is 0.308 e. The fraction of sp³-hybridized carbons (Fsp3) is 0.500. The van der Waals surface area contributed by atoms with Gasteiger partial charge >= 0.3 is 11.9 Å². The molecular formula is C32H38O6. The zero-order valence-electron chi connectivity index (χ0n) is 23.0. The third kappa shape index (κ3) is 4.81. The Labute approximate surface area is 225 Å². The first kappa shape index (κ1) is 26.3. The van der Waals surface area contributed by atoms with E-state index in [0.717, 1.165) is 49.7 Å². The minimum absolute atomic E-state index is 0.0265. The van der Waals surface area contributed by atoms with E-state index in [9.17, 15) is 9.59 Å². The van der Waals surface area contributed by atoms with Crippen molar-refractivity contribution in [3.05, 3.63) is 52.6 Å². The zero-order valence-corrected chi connectivity index (χ0v) is 23.0. The summed E-state index contributed by atoms with van der Waals surface area (Å²) in [5.41, 5.74) is 4.57. The van der Waals surface area contributed by atoms with Crippen LogP contribution in [0.5, 0.6) is 17.2 Å². The molecule has 0 unspecified atom stereocenters. The third-order valence-corrected chi connectivity index (χ3v) is 9.19. The summed E-state index contributed by atoms with van der Waals surface area (Å²) in [6.45, 7) is 5.31. The monoisotopic (exact) mass is 518 g/mol.